The second-order valence-corrected chi connectivity index (χ2v) is 15.2. The van der Waals surface area contributed by atoms with E-state index in [1.54, 1.807) is 0 Å². The second-order valence-electron chi connectivity index (χ2n) is 15.2. The molecule has 12 rings (SSSR count). The summed E-state index contributed by atoms with van der Waals surface area (Å²) in [5.74, 6) is 0.940. The van der Waals surface area contributed by atoms with Crippen molar-refractivity contribution in [3.8, 4) is 22.5 Å². The molecule has 1 atom stereocenters. The molecule has 3 heteroatoms. The van der Waals surface area contributed by atoms with Crippen LogP contribution in [0, 0.1) is 0 Å². The Bertz CT molecular complexity index is 3140. The van der Waals surface area contributed by atoms with Crippen molar-refractivity contribution in [3.05, 3.63) is 241 Å². The smallest absolute Gasteiger partial charge is 0.140 e. The van der Waals surface area contributed by atoms with E-state index in [-0.39, 0.29) is 0 Å². The monoisotopic (exact) mass is 740 g/mol. The molecular formula is C55H36N2O. The van der Waals surface area contributed by atoms with E-state index in [2.05, 4.69) is 228 Å². The summed E-state index contributed by atoms with van der Waals surface area (Å²) in [4.78, 5) is 4.83. The van der Waals surface area contributed by atoms with Gasteiger partial charge in [-0.1, -0.05) is 146 Å². The number of benzene rings is 9. The van der Waals surface area contributed by atoms with Crippen molar-refractivity contribution in [2.45, 2.75) is 5.41 Å². The van der Waals surface area contributed by atoms with E-state index in [9.17, 15) is 0 Å². The highest BCUT2D eigenvalue weighted by Crippen LogP contribution is 2.67. The first-order valence-electron chi connectivity index (χ1n) is 19.9. The number of rotatable bonds is 6. The topological polar surface area (TPSA) is 19.6 Å². The van der Waals surface area contributed by atoms with E-state index >= 15 is 0 Å². The molecule has 0 saturated carbocycles. The molecular weight excluding hydrogens is 705 g/mol. The highest BCUT2D eigenvalue weighted by Gasteiger charge is 2.55. The molecule has 9 aromatic carbocycles. The molecule has 1 spiro atoms. The van der Waals surface area contributed by atoms with Gasteiger partial charge in [0.05, 0.1) is 16.8 Å². The Labute approximate surface area is 337 Å². The predicted molar refractivity (Wildman–Crippen MR) is 239 cm³/mol. The molecule has 58 heavy (non-hydrogen) atoms. The minimum atomic E-state index is -0.657. The maximum Gasteiger partial charge on any atom is 0.140 e. The summed E-state index contributed by atoms with van der Waals surface area (Å²) in [5.41, 5.74) is 15.5. The van der Waals surface area contributed by atoms with Crippen LogP contribution in [0.5, 0.6) is 0 Å². The summed E-state index contributed by atoms with van der Waals surface area (Å²) in [7, 11) is 0. The van der Waals surface area contributed by atoms with Crippen LogP contribution < -0.4 is 9.80 Å². The lowest BCUT2D eigenvalue weighted by Crippen LogP contribution is -2.26. The molecule has 0 fully saturated rings. The first-order chi connectivity index (χ1) is 28.8. The Kier molecular flexibility index (Phi) is 7.14. The Hall–Kier alpha value is -7.62. The Balaban J connectivity index is 1.18. The Morgan fingerprint density at radius 1 is 0.362 bits per heavy atom. The highest BCUT2D eigenvalue weighted by atomic mass is 16.3. The maximum atomic E-state index is 6.97. The van der Waals surface area contributed by atoms with Crippen molar-refractivity contribution in [1.29, 1.82) is 0 Å². The molecule has 2 aliphatic carbocycles. The minimum Gasteiger partial charge on any atom is -0.456 e. The van der Waals surface area contributed by atoms with E-state index in [0.29, 0.717) is 0 Å². The fourth-order valence-electron chi connectivity index (χ4n) is 9.97. The summed E-state index contributed by atoms with van der Waals surface area (Å²) in [5, 5.41) is 3.54. The largest absolute Gasteiger partial charge is 0.456 e. The van der Waals surface area contributed by atoms with Gasteiger partial charge in [-0.3, -0.25) is 0 Å². The SMILES string of the molecule is c1ccc(N(c2ccccc2)c2cccc3c2-c2ccccc2C32c3cc(N(c4ccccc4)c4cccc5ccccc45)ccc3-c3oc4ccccc4c32)cc1. The zero-order chi connectivity index (χ0) is 38.2. The average Bonchev–Trinajstić information content (AvgIpc) is 3.92. The maximum absolute atomic E-state index is 6.97. The van der Waals surface area contributed by atoms with Gasteiger partial charge < -0.3 is 14.2 Å². The Morgan fingerprint density at radius 2 is 0.914 bits per heavy atom. The van der Waals surface area contributed by atoms with Crippen molar-refractivity contribution in [2.24, 2.45) is 0 Å². The van der Waals surface area contributed by atoms with Crippen molar-refractivity contribution < 1.29 is 4.42 Å². The van der Waals surface area contributed by atoms with Crippen molar-refractivity contribution in [2.75, 3.05) is 9.80 Å². The van der Waals surface area contributed by atoms with E-state index in [1.807, 2.05) is 0 Å². The zero-order valence-corrected chi connectivity index (χ0v) is 31.6. The second kappa shape index (κ2) is 12.7. The molecule has 0 bridgehead atoms. The third-order valence-electron chi connectivity index (χ3n) is 12.2. The standard InChI is InChI=1S/C55H36N2O/c1-4-20-38(21-5-1)56(39-22-6-2-7-23-39)50-32-17-30-47-52(50)43-27-12-14-29-46(43)55(47)48-36-41(34-35-44(48)54-53(55)45-28-13-15-33-51(45)58-54)57(40-24-8-3-9-25-40)49-31-16-19-37-18-10-11-26-42(37)49/h1-36H. The molecule has 2 aliphatic rings. The van der Waals surface area contributed by atoms with Gasteiger partial charge in [0.25, 0.3) is 0 Å². The van der Waals surface area contributed by atoms with Gasteiger partial charge in [0.1, 0.15) is 11.3 Å². The van der Waals surface area contributed by atoms with Gasteiger partial charge in [0, 0.05) is 50.2 Å². The van der Waals surface area contributed by atoms with Crippen LogP contribution >= 0.6 is 0 Å². The molecule has 0 aliphatic heterocycles. The summed E-state index contributed by atoms with van der Waals surface area (Å²) in [6, 6.07) is 79.0. The quantitative estimate of drug-likeness (QED) is 0.169. The minimum absolute atomic E-state index is 0.657. The van der Waals surface area contributed by atoms with Crippen molar-refractivity contribution in [3.63, 3.8) is 0 Å². The molecule has 10 aromatic rings. The van der Waals surface area contributed by atoms with Gasteiger partial charge in [-0.25, -0.2) is 0 Å². The molecule has 0 amide bonds. The third-order valence-corrected chi connectivity index (χ3v) is 12.2. The summed E-state index contributed by atoms with van der Waals surface area (Å²) in [6.07, 6.45) is 0. The van der Waals surface area contributed by atoms with Crippen LogP contribution in [-0.4, -0.2) is 0 Å². The van der Waals surface area contributed by atoms with Crippen LogP contribution in [0.1, 0.15) is 22.3 Å². The Morgan fingerprint density at radius 3 is 1.66 bits per heavy atom. The molecule has 1 unspecified atom stereocenters. The number of hydrogen-bond acceptors (Lipinski definition) is 3. The first kappa shape index (κ1) is 32.6. The first-order valence-corrected chi connectivity index (χ1v) is 19.9. The molecule has 272 valence electrons. The van der Waals surface area contributed by atoms with Crippen molar-refractivity contribution >= 4 is 55.9 Å². The van der Waals surface area contributed by atoms with Crippen LogP contribution in [0.4, 0.5) is 34.1 Å². The van der Waals surface area contributed by atoms with Crippen LogP contribution in [0.2, 0.25) is 0 Å². The summed E-state index contributed by atoms with van der Waals surface area (Å²) < 4.78 is 6.97. The predicted octanol–water partition coefficient (Wildman–Crippen LogP) is 14.9. The van der Waals surface area contributed by atoms with Gasteiger partial charge in [0.15, 0.2) is 0 Å². The molecule has 0 saturated heterocycles. The lowest BCUT2D eigenvalue weighted by atomic mass is 9.70. The number of nitrogens with zero attached hydrogens (tertiary/aromatic N) is 2. The molecule has 1 aromatic heterocycles. The fraction of sp³-hybridized carbons (Fsp3) is 0.0182. The van der Waals surface area contributed by atoms with Crippen molar-refractivity contribution in [1.82, 2.24) is 0 Å². The van der Waals surface area contributed by atoms with E-state index in [1.165, 1.54) is 44.2 Å². The average molecular weight is 741 g/mol. The summed E-state index contributed by atoms with van der Waals surface area (Å²) in [6.45, 7) is 0. The number of furan rings is 1. The third kappa shape index (κ3) is 4.56. The molecule has 1 heterocycles. The van der Waals surface area contributed by atoms with Gasteiger partial charge >= 0.3 is 0 Å². The summed E-state index contributed by atoms with van der Waals surface area (Å²) >= 11 is 0. The molecule has 0 N–H and O–H groups in total. The molecule has 3 nitrogen and oxygen atoms in total. The molecule has 0 radical (unpaired) electrons. The van der Waals surface area contributed by atoms with Gasteiger partial charge in [0.2, 0.25) is 0 Å². The number of anilines is 6. The van der Waals surface area contributed by atoms with Gasteiger partial charge in [-0.05, 0) is 100 Å². The van der Waals surface area contributed by atoms with Crippen LogP contribution in [0.15, 0.2) is 223 Å². The van der Waals surface area contributed by atoms with E-state index < -0.39 is 5.41 Å². The lowest BCUT2D eigenvalue weighted by molar-refractivity contribution is 0.628. The van der Waals surface area contributed by atoms with Gasteiger partial charge in [-0.15, -0.1) is 0 Å². The lowest BCUT2D eigenvalue weighted by Gasteiger charge is -2.33. The van der Waals surface area contributed by atoms with Crippen LogP contribution in [-0.2, 0) is 5.41 Å². The number of para-hydroxylation sites is 4. The normalized spacial score (nSPS) is 14.6. The van der Waals surface area contributed by atoms with Gasteiger partial charge in [-0.2, -0.15) is 0 Å². The number of hydrogen-bond donors (Lipinski definition) is 0. The van der Waals surface area contributed by atoms with Crippen LogP contribution in [0.25, 0.3) is 44.2 Å². The number of fused-ring (bicyclic) bond motifs is 13. The highest BCUT2D eigenvalue weighted by molar-refractivity contribution is 6.06. The fourth-order valence-corrected chi connectivity index (χ4v) is 9.97. The van der Waals surface area contributed by atoms with E-state index in [0.717, 1.165) is 56.4 Å². The zero-order valence-electron chi connectivity index (χ0n) is 31.6. The van der Waals surface area contributed by atoms with Crippen LogP contribution in [0.3, 0.4) is 0 Å². The van der Waals surface area contributed by atoms with E-state index in [4.69, 9.17) is 4.42 Å².